The molecular formula is C19H27N3O5. The van der Waals surface area contributed by atoms with Gasteiger partial charge in [-0.1, -0.05) is 18.2 Å². The molecule has 1 heterocycles. The zero-order chi connectivity index (χ0) is 20.4. The lowest BCUT2D eigenvalue weighted by Gasteiger charge is -2.09. The number of hydrogen-bond donors (Lipinski definition) is 2. The number of aromatic nitrogens is 2. The number of aryl methyl sites for hydroxylation is 1. The third-order valence-electron chi connectivity index (χ3n) is 3.62. The van der Waals surface area contributed by atoms with Crippen LogP contribution < -0.4 is 5.62 Å². The summed E-state index contributed by atoms with van der Waals surface area (Å²) in [6.07, 6.45) is 3.11. The van der Waals surface area contributed by atoms with Crippen LogP contribution in [0.2, 0.25) is 0 Å². The fourth-order valence-electron chi connectivity index (χ4n) is 2.41. The van der Waals surface area contributed by atoms with E-state index in [1.165, 1.54) is 5.69 Å². The van der Waals surface area contributed by atoms with Gasteiger partial charge in [-0.15, -0.1) is 0 Å². The van der Waals surface area contributed by atoms with Crippen LogP contribution in [0.25, 0.3) is 5.69 Å². The minimum Gasteiger partial charge on any atom is -0.473 e. The van der Waals surface area contributed by atoms with Gasteiger partial charge in [0.25, 0.3) is 0 Å². The van der Waals surface area contributed by atoms with Crippen molar-refractivity contribution in [3.63, 3.8) is 0 Å². The summed E-state index contributed by atoms with van der Waals surface area (Å²) in [5, 5.41) is 14.8. The van der Waals surface area contributed by atoms with Crippen LogP contribution in [0.5, 0.6) is 0 Å². The summed E-state index contributed by atoms with van der Waals surface area (Å²) in [5.41, 5.74) is 3.35. The van der Waals surface area contributed by atoms with E-state index in [2.05, 4.69) is 60.4 Å². The van der Waals surface area contributed by atoms with Gasteiger partial charge in [-0.25, -0.2) is 9.59 Å². The Morgan fingerprint density at radius 2 is 1.74 bits per heavy atom. The number of nitrogens with zero attached hydrogens (tertiary/aromatic N) is 3. The lowest BCUT2D eigenvalue weighted by Crippen LogP contribution is -2.27. The van der Waals surface area contributed by atoms with E-state index in [1.54, 1.807) is 7.11 Å². The van der Waals surface area contributed by atoms with Gasteiger partial charge in [-0.2, -0.15) is 0 Å². The number of aliphatic carboxylic acids is 2. The Morgan fingerprint density at radius 1 is 1.15 bits per heavy atom. The van der Waals surface area contributed by atoms with Crippen molar-refractivity contribution in [2.75, 3.05) is 20.3 Å². The van der Waals surface area contributed by atoms with Crippen LogP contribution >= 0.6 is 0 Å². The molecule has 1 aromatic heterocycles. The Bertz CT molecular complexity index is 794. The van der Waals surface area contributed by atoms with Crippen LogP contribution in [0.1, 0.15) is 32.0 Å². The van der Waals surface area contributed by atoms with Crippen LogP contribution in [0.15, 0.2) is 41.5 Å². The Labute approximate surface area is 158 Å². The Hall–Kier alpha value is -2.87. The molecule has 0 aliphatic heterocycles. The molecule has 1 aromatic carbocycles. The number of methoxy groups -OCH3 is 1. The van der Waals surface area contributed by atoms with E-state index < -0.39 is 11.9 Å². The molecule has 0 spiro atoms. The van der Waals surface area contributed by atoms with Gasteiger partial charge in [0, 0.05) is 43.9 Å². The van der Waals surface area contributed by atoms with Crippen LogP contribution in [-0.2, 0) is 14.3 Å². The molecule has 2 rings (SSSR count). The molecule has 0 aliphatic carbocycles. The minimum atomic E-state index is -1.82. The second-order valence-electron chi connectivity index (χ2n) is 6.08. The van der Waals surface area contributed by atoms with E-state index in [4.69, 9.17) is 29.5 Å². The molecule has 27 heavy (non-hydrogen) atoms. The van der Waals surface area contributed by atoms with Crippen molar-refractivity contribution in [3.8, 4) is 5.69 Å². The predicted octanol–water partition coefficient (Wildman–Crippen LogP) is 2.26. The zero-order valence-corrected chi connectivity index (χ0v) is 16.1. The Morgan fingerprint density at radius 3 is 2.22 bits per heavy atom. The van der Waals surface area contributed by atoms with Crippen LogP contribution in [-0.4, -0.2) is 51.5 Å². The van der Waals surface area contributed by atoms with Gasteiger partial charge in [-0.05, 0) is 39.3 Å². The Balaban J connectivity index is 0.000000527. The molecule has 8 nitrogen and oxygen atoms in total. The lowest BCUT2D eigenvalue weighted by molar-refractivity contribution is -0.159. The van der Waals surface area contributed by atoms with Crippen LogP contribution in [0, 0.1) is 6.92 Å². The SMILES string of the molecule is COCCCN=c1n(C(C)C)cc(C)n1-c1ccccc1.O=C(O)C(=O)O. The summed E-state index contributed by atoms with van der Waals surface area (Å²) in [7, 11) is 1.73. The van der Waals surface area contributed by atoms with Gasteiger partial charge >= 0.3 is 11.9 Å². The molecule has 8 heteroatoms. The molecule has 148 valence electrons. The second-order valence-corrected chi connectivity index (χ2v) is 6.08. The summed E-state index contributed by atoms with van der Waals surface area (Å²) in [6, 6.07) is 10.8. The number of carboxylic acids is 2. The highest BCUT2D eigenvalue weighted by Crippen LogP contribution is 2.11. The average Bonchev–Trinajstić information content (AvgIpc) is 2.96. The first-order valence-corrected chi connectivity index (χ1v) is 8.61. The van der Waals surface area contributed by atoms with E-state index in [0.29, 0.717) is 6.04 Å². The molecule has 0 bridgehead atoms. The quantitative estimate of drug-likeness (QED) is 0.593. The number of imidazole rings is 1. The van der Waals surface area contributed by atoms with Gasteiger partial charge in [0.15, 0.2) is 0 Å². The lowest BCUT2D eigenvalue weighted by atomic mass is 10.3. The molecule has 0 fully saturated rings. The molecule has 0 saturated carbocycles. The minimum absolute atomic E-state index is 0.384. The van der Waals surface area contributed by atoms with Crippen molar-refractivity contribution in [2.45, 2.75) is 33.2 Å². The third-order valence-corrected chi connectivity index (χ3v) is 3.62. The van der Waals surface area contributed by atoms with E-state index >= 15 is 0 Å². The van der Waals surface area contributed by atoms with Gasteiger partial charge < -0.3 is 19.5 Å². The highest BCUT2D eigenvalue weighted by atomic mass is 16.5. The second kappa shape index (κ2) is 11.0. The standard InChI is InChI=1S/C17H25N3O.C2H2O4/c1-14(2)19-13-15(3)20(16-9-6-5-7-10-16)17(19)18-11-8-12-21-4;3-1(4)2(5)6/h5-7,9-10,13-14H,8,11-12H2,1-4H3;(H,3,4)(H,5,6). The number of carbonyl (C=O) groups is 2. The topological polar surface area (TPSA) is 106 Å². The summed E-state index contributed by atoms with van der Waals surface area (Å²) >= 11 is 0. The number of benzene rings is 1. The predicted molar refractivity (Wildman–Crippen MR) is 101 cm³/mol. The van der Waals surface area contributed by atoms with Gasteiger partial charge in [0.2, 0.25) is 5.62 Å². The first-order valence-electron chi connectivity index (χ1n) is 8.61. The molecule has 0 radical (unpaired) electrons. The molecule has 0 atom stereocenters. The maximum Gasteiger partial charge on any atom is 0.414 e. The van der Waals surface area contributed by atoms with Crippen molar-refractivity contribution in [2.24, 2.45) is 4.99 Å². The number of hydrogen-bond acceptors (Lipinski definition) is 4. The fourth-order valence-corrected chi connectivity index (χ4v) is 2.41. The highest BCUT2D eigenvalue weighted by Gasteiger charge is 2.10. The summed E-state index contributed by atoms with van der Waals surface area (Å²) in [4.78, 5) is 23.0. The van der Waals surface area contributed by atoms with E-state index in [0.717, 1.165) is 30.9 Å². The summed E-state index contributed by atoms with van der Waals surface area (Å²) in [5.74, 6) is -3.65. The van der Waals surface area contributed by atoms with E-state index in [9.17, 15) is 0 Å². The fraction of sp³-hybridized carbons (Fsp3) is 0.421. The van der Waals surface area contributed by atoms with Crippen molar-refractivity contribution < 1.29 is 24.5 Å². The maximum absolute atomic E-state index is 9.10. The van der Waals surface area contributed by atoms with Gasteiger partial charge in [-0.3, -0.25) is 9.56 Å². The smallest absolute Gasteiger partial charge is 0.414 e. The monoisotopic (exact) mass is 377 g/mol. The van der Waals surface area contributed by atoms with Crippen molar-refractivity contribution >= 4 is 11.9 Å². The number of para-hydroxylation sites is 1. The molecule has 2 aromatic rings. The highest BCUT2D eigenvalue weighted by molar-refractivity contribution is 6.27. The Kier molecular flexibility index (Phi) is 9.01. The average molecular weight is 377 g/mol. The van der Waals surface area contributed by atoms with Crippen molar-refractivity contribution in [1.82, 2.24) is 9.13 Å². The van der Waals surface area contributed by atoms with E-state index in [-0.39, 0.29) is 0 Å². The normalized spacial score (nSPS) is 11.2. The molecule has 0 saturated heterocycles. The molecule has 0 aliphatic rings. The van der Waals surface area contributed by atoms with Gasteiger partial charge in [0.05, 0.1) is 0 Å². The maximum atomic E-state index is 9.10. The van der Waals surface area contributed by atoms with Crippen molar-refractivity contribution in [1.29, 1.82) is 0 Å². The molecule has 2 N–H and O–H groups in total. The number of carboxylic acid groups (broad SMARTS) is 2. The molecule has 0 amide bonds. The third kappa shape index (κ3) is 6.74. The van der Waals surface area contributed by atoms with Crippen molar-refractivity contribution in [3.05, 3.63) is 47.8 Å². The van der Waals surface area contributed by atoms with Gasteiger partial charge in [0.1, 0.15) is 0 Å². The molecule has 0 unspecified atom stereocenters. The molecular weight excluding hydrogens is 350 g/mol. The first-order chi connectivity index (χ1) is 12.8. The number of rotatable bonds is 6. The number of ether oxygens (including phenoxy) is 1. The van der Waals surface area contributed by atoms with Crippen LogP contribution in [0.4, 0.5) is 0 Å². The zero-order valence-electron chi connectivity index (χ0n) is 16.1. The van der Waals surface area contributed by atoms with Crippen LogP contribution in [0.3, 0.4) is 0 Å². The summed E-state index contributed by atoms with van der Waals surface area (Å²) < 4.78 is 9.55. The summed E-state index contributed by atoms with van der Waals surface area (Å²) in [6.45, 7) is 8.01. The van der Waals surface area contributed by atoms with E-state index in [1.807, 2.05) is 6.07 Å². The first kappa shape index (κ1) is 22.2. The largest absolute Gasteiger partial charge is 0.473 e.